The molecule has 0 fully saturated rings. The van der Waals surface area contributed by atoms with E-state index in [9.17, 15) is 13.2 Å². The molecule has 94 valence electrons. The van der Waals surface area contributed by atoms with Crippen LogP contribution in [0.4, 0.5) is 13.2 Å². The Morgan fingerprint density at radius 1 is 1.00 bits per heavy atom. The van der Waals surface area contributed by atoms with Crippen molar-refractivity contribution < 1.29 is 13.2 Å². The first kappa shape index (κ1) is 13.1. The quantitative estimate of drug-likeness (QED) is 0.893. The number of benzene rings is 2. The Labute approximate surface area is 111 Å². The molecule has 0 aromatic heterocycles. The summed E-state index contributed by atoms with van der Waals surface area (Å²) in [4.78, 5) is 0. The van der Waals surface area contributed by atoms with E-state index >= 15 is 0 Å². The molecular formula is C13H9BrF3N. The molecule has 18 heavy (non-hydrogen) atoms. The summed E-state index contributed by atoms with van der Waals surface area (Å²) in [6.45, 7) is 0. The fraction of sp³-hybridized carbons (Fsp3) is 0.0769. The van der Waals surface area contributed by atoms with Crippen molar-refractivity contribution in [1.29, 1.82) is 0 Å². The van der Waals surface area contributed by atoms with E-state index < -0.39 is 23.5 Å². The summed E-state index contributed by atoms with van der Waals surface area (Å²) < 4.78 is 40.4. The van der Waals surface area contributed by atoms with E-state index in [2.05, 4.69) is 15.9 Å². The molecule has 0 aliphatic carbocycles. The summed E-state index contributed by atoms with van der Waals surface area (Å²) in [5.41, 5.74) is 6.01. The standard InChI is InChI=1S/C13H9BrF3N/c14-10-3-1-2-9(12(10)17)13(18)8-5-4-7(15)6-11(8)16/h1-6,13H,18H2. The minimum atomic E-state index is -0.983. The molecular weight excluding hydrogens is 307 g/mol. The van der Waals surface area contributed by atoms with Gasteiger partial charge in [-0.2, -0.15) is 0 Å². The van der Waals surface area contributed by atoms with E-state index in [1.165, 1.54) is 18.2 Å². The van der Waals surface area contributed by atoms with Crippen molar-refractivity contribution >= 4 is 15.9 Å². The Morgan fingerprint density at radius 3 is 2.39 bits per heavy atom. The second-order valence-corrected chi connectivity index (χ2v) is 4.64. The molecule has 1 atom stereocenters. The van der Waals surface area contributed by atoms with Crippen LogP contribution in [-0.4, -0.2) is 0 Å². The zero-order valence-corrected chi connectivity index (χ0v) is 10.7. The molecule has 0 amide bonds. The molecule has 5 heteroatoms. The van der Waals surface area contributed by atoms with Crippen molar-refractivity contribution in [1.82, 2.24) is 0 Å². The van der Waals surface area contributed by atoms with Gasteiger partial charge in [0, 0.05) is 17.2 Å². The zero-order valence-electron chi connectivity index (χ0n) is 9.13. The Kier molecular flexibility index (Phi) is 3.73. The smallest absolute Gasteiger partial charge is 0.142 e. The first-order valence-electron chi connectivity index (χ1n) is 5.15. The van der Waals surface area contributed by atoms with Gasteiger partial charge >= 0.3 is 0 Å². The van der Waals surface area contributed by atoms with E-state index in [0.717, 1.165) is 12.1 Å². The van der Waals surface area contributed by atoms with Crippen LogP contribution in [0.5, 0.6) is 0 Å². The topological polar surface area (TPSA) is 26.0 Å². The zero-order chi connectivity index (χ0) is 13.3. The Morgan fingerprint density at radius 2 is 1.72 bits per heavy atom. The molecule has 1 unspecified atom stereocenters. The lowest BCUT2D eigenvalue weighted by Gasteiger charge is -2.15. The fourth-order valence-electron chi connectivity index (χ4n) is 1.68. The van der Waals surface area contributed by atoms with Gasteiger partial charge in [0.15, 0.2) is 0 Å². The highest BCUT2D eigenvalue weighted by Gasteiger charge is 2.18. The highest BCUT2D eigenvalue weighted by atomic mass is 79.9. The van der Waals surface area contributed by atoms with Gasteiger partial charge in [-0.15, -0.1) is 0 Å². The normalized spacial score (nSPS) is 12.5. The van der Waals surface area contributed by atoms with Crippen LogP contribution in [0.3, 0.4) is 0 Å². The van der Waals surface area contributed by atoms with Gasteiger partial charge in [0.2, 0.25) is 0 Å². The van der Waals surface area contributed by atoms with Crippen LogP contribution in [0, 0.1) is 17.5 Å². The predicted octanol–water partition coefficient (Wildman–Crippen LogP) is 3.91. The van der Waals surface area contributed by atoms with Gasteiger partial charge in [-0.3, -0.25) is 0 Å². The van der Waals surface area contributed by atoms with Gasteiger partial charge in [0.1, 0.15) is 17.5 Å². The average molecular weight is 316 g/mol. The maximum absolute atomic E-state index is 13.8. The third kappa shape index (κ3) is 2.42. The van der Waals surface area contributed by atoms with E-state index in [1.54, 1.807) is 6.07 Å². The maximum Gasteiger partial charge on any atom is 0.142 e. The minimum Gasteiger partial charge on any atom is -0.320 e. The Bertz CT molecular complexity index is 586. The molecule has 2 N–H and O–H groups in total. The number of nitrogens with two attached hydrogens (primary N) is 1. The molecule has 0 saturated heterocycles. The van der Waals surface area contributed by atoms with Crippen LogP contribution in [0.25, 0.3) is 0 Å². The van der Waals surface area contributed by atoms with Crippen LogP contribution in [0.2, 0.25) is 0 Å². The van der Waals surface area contributed by atoms with Crippen molar-refractivity contribution in [3.63, 3.8) is 0 Å². The van der Waals surface area contributed by atoms with Crippen molar-refractivity contribution in [2.24, 2.45) is 5.73 Å². The SMILES string of the molecule is NC(c1ccc(F)cc1F)c1cccc(Br)c1F. The van der Waals surface area contributed by atoms with Crippen LogP contribution in [-0.2, 0) is 0 Å². The maximum atomic E-state index is 13.8. The third-order valence-electron chi connectivity index (χ3n) is 2.61. The lowest BCUT2D eigenvalue weighted by molar-refractivity contribution is 0.555. The predicted molar refractivity (Wildman–Crippen MR) is 66.5 cm³/mol. The molecule has 2 aromatic carbocycles. The molecule has 1 nitrogen and oxygen atoms in total. The van der Waals surface area contributed by atoms with E-state index in [4.69, 9.17) is 5.73 Å². The van der Waals surface area contributed by atoms with Crippen LogP contribution in [0.15, 0.2) is 40.9 Å². The summed E-state index contributed by atoms with van der Waals surface area (Å²) in [5.74, 6) is -2.03. The van der Waals surface area contributed by atoms with E-state index in [1.807, 2.05) is 0 Å². The third-order valence-corrected chi connectivity index (χ3v) is 3.23. The first-order valence-corrected chi connectivity index (χ1v) is 5.94. The molecule has 0 aliphatic rings. The molecule has 0 bridgehead atoms. The first-order chi connectivity index (χ1) is 8.50. The molecule has 0 aliphatic heterocycles. The van der Waals surface area contributed by atoms with Crippen LogP contribution < -0.4 is 5.73 Å². The van der Waals surface area contributed by atoms with Gasteiger partial charge in [0.25, 0.3) is 0 Å². The summed E-state index contributed by atoms with van der Waals surface area (Å²) in [6.07, 6.45) is 0. The fourth-order valence-corrected chi connectivity index (χ4v) is 2.06. The molecule has 0 radical (unpaired) electrons. The second-order valence-electron chi connectivity index (χ2n) is 3.79. The largest absolute Gasteiger partial charge is 0.320 e. The number of hydrogen-bond acceptors (Lipinski definition) is 1. The number of hydrogen-bond donors (Lipinski definition) is 1. The molecule has 0 heterocycles. The second kappa shape index (κ2) is 5.12. The number of rotatable bonds is 2. The van der Waals surface area contributed by atoms with Crippen molar-refractivity contribution in [2.45, 2.75) is 6.04 Å². The Balaban J connectivity index is 2.48. The molecule has 0 spiro atoms. The van der Waals surface area contributed by atoms with Gasteiger partial charge < -0.3 is 5.73 Å². The van der Waals surface area contributed by atoms with Crippen molar-refractivity contribution in [2.75, 3.05) is 0 Å². The molecule has 0 saturated carbocycles. The molecule has 2 rings (SSSR count). The van der Waals surface area contributed by atoms with Gasteiger partial charge in [-0.05, 0) is 28.1 Å². The van der Waals surface area contributed by atoms with Gasteiger partial charge in [-0.25, -0.2) is 13.2 Å². The lowest BCUT2D eigenvalue weighted by atomic mass is 9.98. The van der Waals surface area contributed by atoms with Crippen LogP contribution >= 0.6 is 15.9 Å². The summed E-state index contributed by atoms with van der Waals surface area (Å²) >= 11 is 3.03. The van der Waals surface area contributed by atoms with Crippen LogP contribution in [0.1, 0.15) is 17.2 Å². The summed E-state index contributed by atoms with van der Waals surface area (Å²) in [6, 6.07) is 6.64. The van der Waals surface area contributed by atoms with E-state index in [-0.39, 0.29) is 15.6 Å². The van der Waals surface area contributed by atoms with E-state index in [0.29, 0.717) is 0 Å². The van der Waals surface area contributed by atoms with Crippen molar-refractivity contribution in [3.8, 4) is 0 Å². The molecule has 2 aromatic rings. The highest BCUT2D eigenvalue weighted by Crippen LogP contribution is 2.28. The van der Waals surface area contributed by atoms with Gasteiger partial charge in [-0.1, -0.05) is 18.2 Å². The Hall–Kier alpha value is -1.33. The highest BCUT2D eigenvalue weighted by molar-refractivity contribution is 9.10. The minimum absolute atomic E-state index is 0.0494. The summed E-state index contributed by atoms with van der Waals surface area (Å²) in [7, 11) is 0. The number of halogens is 4. The lowest BCUT2D eigenvalue weighted by Crippen LogP contribution is -2.15. The monoisotopic (exact) mass is 315 g/mol. The van der Waals surface area contributed by atoms with Crippen molar-refractivity contribution in [3.05, 3.63) is 69.4 Å². The average Bonchev–Trinajstić information content (AvgIpc) is 2.32. The van der Waals surface area contributed by atoms with Gasteiger partial charge in [0.05, 0.1) is 10.5 Å². The summed E-state index contributed by atoms with van der Waals surface area (Å²) in [5, 5.41) is 0.